The maximum absolute atomic E-state index is 13.0. The van der Waals surface area contributed by atoms with Crippen LogP contribution in [0.1, 0.15) is 73.7 Å². The summed E-state index contributed by atoms with van der Waals surface area (Å²) in [6.45, 7) is 6.56. The molecule has 35 heavy (non-hydrogen) atoms. The first-order chi connectivity index (χ1) is 16.8. The Morgan fingerprint density at radius 1 is 1.31 bits per heavy atom. The molecule has 0 bridgehead atoms. The number of amidine groups is 2. The molecule has 2 aromatic rings. The minimum Gasteiger partial charge on any atom is -0.505 e. The van der Waals surface area contributed by atoms with Gasteiger partial charge in [-0.15, -0.1) is 8.80 Å². The van der Waals surface area contributed by atoms with Crippen molar-refractivity contribution in [2.24, 2.45) is 8.80 Å². The van der Waals surface area contributed by atoms with E-state index in [2.05, 4.69) is 33.3 Å². The minimum atomic E-state index is -1.83. The van der Waals surface area contributed by atoms with E-state index >= 15 is 0 Å². The first-order valence-electron chi connectivity index (χ1n) is 11.8. The van der Waals surface area contributed by atoms with E-state index in [0.717, 1.165) is 24.2 Å². The number of phenols is 1. The largest absolute Gasteiger partial charge is 0.505 e. The monoisotopic (exact) mass is 501 g/mol. The summed E-state index contributed by atoms with van der Waals surface area (Å²) in [4.78, 5) is 14.6. The van der Waals surface area contributed by atoms with Crippen LogP contribution in [0.4, 0.5) is 5.69 Å². The van der Waals surface area contributed by atoms with Gasteiger partial charge in [0.05, 0.1) is 36.2 Å². The van der Waals surface area contributed by atoms with Crippen LogP contribution in [0.15, 0.2) is 43.7 Å². The Morgan fingerprint density at radius 2 is 2.09 bits per heavy atom. The lowest BCUT2D eigenvalue weighted by Crippen LogP contribution is -2.38. The van der Waals surface area contributed by atoms with Crippen LogP contribution < -0.4 is 10.6 Å². The van der Waals surface area contributed by atoms with Crippen molar-refractivity contribution in [1.29, 1.82) is 0 Å². The van der Waals surface area contributed by atoms with Crippen LogP contribution in [0.5, 0.6) is 5.75 Å². The third kappa shape index (κ3) is 5.25. The predicted octanol–water partition coefficient (Wildman–Crippen LogP) is 3.25. The molecule has 0 radical (unpaired) electrons. The van der Waals surface area contributed by atoms with Crippen LogP contribution in [-0.2, 0) is 11.2 Å². The quantitative estimate of drug-likeness (QED) is 0.427. The number of benzene rings is 1. The van der Waals surface area contributed by atoms with Crippen molar-refractivity contribution in [2.75, 3.05) is 18.5 Å². The van der Waals surface area contributed by atoms with Crippen molar-refractivity contribution in [3.05, 3.63) is 47.4 Å². The van der Waals surface area contributed by atoms with Crippen LogP contribution in [0, 0.1) is 0 Å². The average molecular weight is 502 g/mol. The lowest BCUT2D eigenvalue weighted by atomic mass is 10.1. The van der Waals surface area contributed by atoms with Crippen molar-refractivity contribution in [2.45, 2.75) is 58.0 Å². The van der Waals surface area contributed by atoms with Crippen molar-refractivity contribution in [1.82, 2.24) is 10.2 Å². The number of carbonyl (C=O) groups is 1. The molecule has 0 aliphatic carbocycles. The second kappa shape index (κ2) is 10.6. The van der Waals surface area contributed by atoms with E-state index in [4.69, 9.17) is 4.42 Å². The Bertz CT molecular complexity index is 1170. The summed E-state index contributed by atoms with van der Waals surface area (Å²) in [5.41, 5.74) is 1.43. The zero-order valence-corrected chi connectivity index (χ0v) is 20.8. The van der Waals surface area contributed by atoms with Gasteiger partial charge in [0, 0.05) is 6.54 Å². The van der Waals surface area contributed by atoms with Gasteiger partial charge in [-0.2, -0.15) is 0 Å². The van der Waals surface area contributed by atoms with Gasteiger partial charge < -0.3 is 30.2 Å². The minimum absolute atomic E-state index is 0.116. The lowest BCUT2D eigenvalue weighted by Gasteiger charge is -2.24. The number of aliphatic hydroxyl groups is 1. The van der Waals surface area contributed by atoms with E-state index in [1.54, 1.807) is 23.3 Å². The number of carbonyl (C=O) groups excluding carboxylic acids is 1. The van der Waals surface area contributed by atoms with E-state index in [1.807, 2.05) is 13.0 Å². The van der Waals surface area contributed by atoms with Gasteiger partial charge in [0.2, 0.25) is 0 Å². The number of hydrogen-bond donors (Lipinski definition) is 4. The summed E-state index contributed by atoms with van der Waals surface area (Å²) in [6, 6.07) is 6.28. The number of aromatic hydroxyl groups is 1. The van der Waals surface area contributed by atoms with Gasteiger partial charge in [-0.3, -0.25) is 4.79 Å². The van der Waals surface area contributed by atoms with Crippen LogP contribution in [0.3, 0.4) is 0 Å². The Kier molecular flexibility index (Phi) is 7.56. The maximum atomic E-state index is 13.0. The predicted molar refractivity (Wildman–Crippen MR) is 135 cm³/mol. The van der Waals surface area contributed by atoms with Gasteiger partial charge in [-0.25, -0.2) is 4.21 Å². The van der Waals surface area contributed by atoms with Crippen LogP contribution in [-0.4, -0.2) is 56.1 Å². The summed E-state index contributed by atoms with van der Waals surface area (Å²) in [6.07, 6.45) is 3.94. The number of amides is 1. The first-order valence-corrected chi connectivity index (χ1v) is 12.8. The highest BCUT2D eigenvalue weighted by Gasteiger charge is 2.31. The lowest BCUT2D eigenvalue weighted by molar-refractivity contribution is 0.0674. The van der Waals surface area contributed by atoms with E-state index in [0.29, 0.717) is 18.9 Å². The molecule has 1 fully saturated rings. The molecule has 188 valence electrons. The highest BCUT2D eigenvalue weighted by Crippen LogP contribution is 2.31. The van der Waals surface area contributed by atoms with Crippen molar-refractivity contribution >= 4 is 34.4 Å². The molecule has 3 atom stereocenters. The molecule has 0 spiro atoms. The zero-order chi connectivity index (χ0) is 25.1. The third-order valence-electron chi connectivity index (χ3n) is 6.30. The fourth-order valence-electron chi connectivity index (χ4n) is 4.23. The number of likely N-dealkylation sites (tertiary alicyclic amines) is 1. The second-order valence-electron chi connectivity index (χ2n) is 8.96. The zero-order valence-electron chi connectivity index (χ0n) is 20.0. The van der Waals surface area contributed by atoms with Crippen LogP contribution in [0.2, 0.25) is 0 Å². The fourth-order valence-corrected chi connectivity index (χ4v) is 4.85. The number of aliphatic hydroxyl groups excluding tert-OH is 1. The smallest absolute Gasteiger partial charge is 0.269 e. The first kappa shape index (κ1) is 24.9. The highest BCUT2D eigenvalue weighted by atomic mass is 32.2. The molecule has 4 N–H and O–H groups in total. The molecule has 2 aliphatic rings. The van der Waals surface area contributed by atoms with Crippen molar-refractivity contribution < 1.29 is 23.6 Å². The number of hydrogen-bond acceptors (Lipinski definition) is 7. The molecule has 1 aromatic heterocycles. The highest BCUT2D eigenvalue weighted by molar-refractivity contribution is 7.83. The summed E-state index contributed by atoms with van der Waals surface area (Å²) in [7, 11) is 0. The van der Waals surface area contributed by atoms with E-state index in [-0.39, 0.29) is 53.3 Å². The number of nitrogens with zero attached hydrogens (tertiary/aromatic N) is 3. The molecule has 4 rings (SSSR count). The third-order valence-corrected chi connectivity index (χ3v) is 6.98. The Hall–Kier alpha value is -3.18. The SMILES string of the molecule is CCC(NC1=NS(=O)N=C1Nc1cccc(C(=O)N2CCCC2CO)c1O)c1cc(C(C)C)co1. The molecule has 1 aromatic carbocycles. The average Bonchev–Trinajstić information content (AvgIpc) is 3.58. The number of anilines is 1. The number of phenolic OH excluding ortho intramolecular Hbond substituents is 1. The molecular weight excluding hydrogens is 470 g/mol. The number of furan rings is 1. The van der Waals surface area contributed by atoms with Gasteiger partial charge in [0.1, 0.15) is 5.76 Å². The number of rotatable bonds is 7. The topological polar surface area (TPSA) is 140 Å². The van der Waals surface area contributed by atoms with Crippen molar-refractivity contribution in [3.8, 4) is 5.75 Å². The molecule has 10 nitrogen and oxygen atoms in total. The van der Waals surface area contributed by atoms with E-state index in [9.17, 15) is 19.2 Å². The van der Waals surface area contributed by atoms with Gasteiger partial charge in [-0.1, -0.05) is 26.8 Å². The molecule has 3 heterocycles. The van der Waals surface area contributed by atoms with Gasteiger partial charge in [0.25, 0.3) is 17.1 Å². The molecule has 0 saturated carbocycles. The van der Waals surface area contributed by atoms with Crippen LogP contribution >= 0.6 is 0 Å². The molecule has 2 aliphatic heterocycles. The Balaban J connectivity index is 1.53. The second-order valence-corrected chi connectivity index (χ2v) is 9.78. The molecule has 1 amide bonds. The number of nitrogens with one attached hydrogen (secondary N) is 2. The normalized spacial score (nSPS) is 20.7. The summed E-state index contributed by atoms with van der Waals surface area (Å²) in [5, 5.41) is 26.6. The summed E-state index contributed by atoms with van der Waals surface area (Å²) >= 11 is -1.83. The Morgan fingerprint density at radius 3 is 2.77 bits per heavy atom. The molecule has 1 saturated heterocycles. The van der Waals surface area contributed by atoms with Crippen LogP contribution in [0.25, 0.3) is 0 Å². The molecule has 3 unspecified atom stereocenters. The summed E-state index contributed by atoms with van der Waals surface area (Å²) < 4.78 is 26.0. The molecular formula is C24H31N5O5S. The van der Waals surface area contributed by atoms with Gasteiger partial charge in [0.15, 0.2) is 17.4 Å². The maximum Gasteiger partial charge on any atom is 0.269 e. The summed E-state index contributed by atoms with van der Waals surface area (Å²) in [5.74, 6) is 0.916. The van der Waals surface area contributed by atoms with Gasteiger partial charge >= 0.3 is 0 Å². The van der Waals surface area contributed by atoms with E-state index < -0.39 is 11.2 Å². The fraction of sp³-hybridized carbons (Fsp3) is 0.458. The van der Waals surface area contributed by atoms with Crippen molar-refractivity contribution in [3.63, 3.8) is 0 Å². The standard InChI is InChI=1S/C24H31N5O5S/c1-4-18(20-11-15(13-34-20)14(2)3)25-22-23(28-35(33)27-22)26-19-9-5-8-17(21(19)31)24(32)29-10-6-7-16(29)12-30/h5,8-9,11,13-14,16,18,30-31H,4,6-7,10,12H2,1-3H3,(H,25,27)(H,26,28). The number of para-hydroxylation sites is 1. The van der Waals surface area contributed by atoms with E-state index in [1.165, 1.54) is 6.07 Å². The Labute approximate surface area is 206 Å². The van der Waals surface area contributed by atoms with Gasteiger partial charge in [-0.05, 0) is 48.9 Å². The molecule has 11 heteroatoms.